The smallest absolute Gasteiger partial charge is 0.339 e. The minimum Gasteiger partial charge on any atom is -0.494 e. The van der Waals surface area contributed by atoms with Crippen molar-refractivity contribution in [3.8, 4) is 18.1 Å². The third-order valence-corrected chi connectivity index (χ3v) is 4.22. The fourth-order valence-corrected chi connectivity index (χ4v) is 3.18. The van der Waals surface area contributed by atoms with Crippen molar-refractivity contribution in [3.63, 3.8) is 0 Å². The Balaban J connectivity index is 3.22. The largest absolute Gasteiger partial charge is 0.494 e. The number of halogens is 1. The van der Waals surface area contributed by atoms with Gasteiger partial charge in [-0.15, -0.1) is 12.3 Å². The third-order valence-electron chi connectivity index (χ3n) is 2.53. The fraction of sp³-hybridized carbons (Fsp3) is 0.308. The summed E-state index contributed by atoms with van der Waals surface area (Å²) in [6.07, 6.45) is 5.97. The van der Waals surface area contributed by atoms with Gasteiger partial charge in [0, 0.05) is 18.0 Å². The summed E-state index contributed by atoms with van der Waals surface area (Å²) in [5, 5.41) is 9.06. The van der Waals surface area contributed by atoms with Crippen molar-refractivity contribution >= 4 is 27.6 Å². The molecule has 0 saturated carbocycles. The van der Waals surface area contributed by atoms with E-state index >= 15 is 0 Å². The van der Waals surface area contributed by atoms with Crippen molar-refractivity contribution in [2.75, 3.05) is 13.7 Å². The maximum Gasteiger partial charge on any atom is 0.339 e. The minimum absolute atomic E-state index is 0.0165. The molecule has 1 rings (SSSR count). The number of aromatic carboxylic acids is 1. The van der Waals surface area contributed by atoms with Gasteiger partial charge >= 0.3 is 5.97 Å². The van der Waals surface area contributed by atoms with E-state index in [0.717, 1.165) is 12.1 Å². The summed E-state index contributed by atoms with van der Waals surface area (Å²) in [4.78, 5) is 10.8. The van der Waals surface area contributed by atoms with Gasteiger partial charge < -0.3 is 9.84 Å². The highest BCUT2D eigenvalue weighted by molar-refractivity contribution is 7.89. The Morgan fingerprint density at radius 1 is 1.52 bits per heavy atom. The van der Waals surface area contributed by atoms with Crippen molar-refractivity contribution < 1.29 is 23.1 Å². The molecule has 0 unspecified atom stereocenters. The lowest BCUT2D eigenvalue weighted by Crippen LogP contribution is -2.25. The molecule has 0 radical (unpaired) electrons. The van der Waals surface area contributed by atoms with Crippen molar-refractivity contribution in [3.05, 3.63) is 22.7 Å². The van der Waals surface area contributed by atoms with Gasteiger partial charge in [-0.2, -0.15) is 0 Å². The van der Waals surface area contributed by atoms with Crippen LogP contribution in [0.25, 0.3) is 0 Å². The number of carboxylic acids is 1. The minimum atomic E-state index is -3.95. The maximum absolute atomic E-state index is 12.2. The average molecular weight is 332 g/mol. The van der Waals surface area contributed by atoms with Crippen LogP contribution >= 0.6 is 11.6 Å². The molecular formula is C13H14ClNO5S. The van der Waals surface area contributed by atoms with E-state index < -0.39 is 16.0 Å². The van der Waals surface area contributed by atoms with Gasteiger partial charge in [-0.1, -0.05) is 11.6 Å². The Bertz CT molecular complexity index is 679. The van der Waals surface area contributed by atoms with Gasteiger partial charge in [0.2, 0.25) is 10.0 Å². The van der Waals surface area contributed by atoms with Crippen molar-refractivity contribution in [1.82, 2.24) is 4.72 Å². The first-order valence-electron chi connectivity index (χ1n) is 5.87. The van der Waals surface area contributed by atoms with E-state index in [-0.39, 0.29) is 27.8 Å². The number of rotatable bonds is 7. The maximum atomic E-state index is 12.2. The fourth-order valence-electron chi connectivity index (χ4n) is 1.61. The summed E-state index contributed by atoms with van der Waals surface area (Å²) in [6.45, 7) is 0.130. The molecule has 0 spiro atoms. The average Bonchev–Trinajstić information content (AvgIpc) is 2.42. The summed E-state index contributed by atoms with van der Waals surface area (Å²) in [7, 11) is -2.77. The molecule has 2 N–H and O–H groups in total. The Morgan fingerprint density at radius 2 is 2.19 bits per heavy atom. The van der Waals surface area contributed by atoms with E-state index in [1.165, 1.54) is 7.11 Å². The molecule has 0 fully saturated rings. The topological polar surface area (TPSA) is 92.7 Å². The monoisotopic (exact) mass is 331 g/mol. The number of hydrogen-bond donors (Lipinski definition) is 2. The van der Waals surface area contributed by atoms with E-state index in [4.69, 9.17) is 27.9 Å². The zero-order valence-electron chi connectivity index (χ0n) is 11.2. The van der Waals surface area contributed by atoms with Crippen LogP contribution in [0.5, 0.6) is 5.75 Å². The quantitative estimate of drug-likeness (QED) is 0.586. The van der Waals surface area contributed by atoms with Crippen LogP contribution in [0.1, 0.15) is 23.2 Å². The molecule has 1 aromatic carbocycles. The summed E-state index contributed by atoms with van der Waals surface area (Å²) < 4.78 is 31.7. The van der Waals surface area contributed by atoms with Crippen LogP contribution in [0.3, 0.4) is 0 Å². The molecule has 0 aliphatic heterocycles. The van der Waals surface area contributed by atoms with Gasteiger partial charge in [-0.25, -0.2) is 17.9 Å². The molecule has 0 bridgehead atoms. The number of carbonyl (C=O) groups is 1. The van der Waals surface area contributed by atoms with Crippen molar-refractivity contribution in [1.29, 1.82) is 0 Å². The van der Waals surface area contributed by atoms with E-state index in [9.17, 15) is 13.2 Å². The van der Waals surface area contributed by atoms with Crippen LogP contribution in [0.2, 0.25) is 5.02 Å². The van der Waals surface area contributed by atoms with Gasteiger partial charge in [0.15, 0.2) is 5.75 Å². The third kappa shape index (κ3) is 4.36. The first kappa shape index (κ1) is 17.3. The van der Waals surface area contributed by atoms with Crippen molar-refractivity contribution in [2.24, 2.45) is 0 Å². The molecule has 21 heavy (non-hydrogen) atoms. The van der Waals surface area contributed by atoms with Crippen LogP contribution in [-0.4, -0.2) is 33.1 Å². The second kappa shape index (κ2) is 7.31. The van der Waals surface area contributed by atoms with E-state index in [1.807, 2.05) is 0 Å². The van der Waals surface area contributed by atoms with Gasteiger partial charge in [0.25, 0.3) is 0 Å². The molecule has 0 amide bonds. The Labute approximate surface area is 128 Å². The first-order chi connectivity index (χ1) is 9.83. The number of unbranched alkanes of at least 4 members (excludes halogenated alkanes) is 1. The zero-order valence-corrected chi connectivity index (χ0v) is 12.8. The lowest BCUT2D eigenvalue weighted by atomic mass is 10.2. The van der Waals surface area contributed by atoms with Crippen LogP contribution < -0.4 is 9.46 Å². The van der Waals surface area contributed by atoms with Crippen molar-refractivity contribution in [2.45, 2.75) is 17.7 Å². The number of benzene rings is 1. The molecule has 0 aliphatic carbocycles. The number of carboxylic acid groups (broad SMARTS) is 1. The molecular weight excluding hydrogens is 318 g/mol. The highest BCUT2D eigenvalue weighted by atomic mass is 35.5. The number of methoxy groups -OCH3 is 1. The molecule has 0 heterocycles. The van der Waals surface area contributed by atoms with E-state index in [1.54, 1.807) is 0 Å². The van der Waals surface area contributed by atoms with Crippen LogP contribution in [0.4, 0.5) is 0 Å². The van der Waals surface area contributed by atoms with Crippen LogP contribution in [0, 0.1) is 12.3 Å². The Hall–Kier alpha value is -1.75. The van der Waals surface area contributed by atoms with Gasteiger partial charge in [0.05, 0.1) is 7.11 Å². The van der Waals surface area contributed by atoms with Crippen LogP contribution in [0.15, 0.2) is 17.0 Å². The van der Waals surface area contributed by atoms with Gasteiger partial charge in [-0.3, -0.25) is 0 Å². The second-order valence-electron chi connectivity index (χ2n) is 4.00. The predicted octanol–water partition coefficient (Wildman–Crippen LogP) is 1.74. The van der Waals surface area contributed by atoms with Gasteiger partial charge in [-0.05, 0) is 18.6 Å². The lowest BCUT2D eigenvalue weighted by Gasteiger charge is -2.13. The Kier molecular flexibility index (Phi) is 6.03. The highest BCUT2D eigenvalue weighted by Gasteiger charge is 2.25. The number of ether oxygens (including phenoxy) is 1. The molecule has 0 aromatic heterocycles. The van der Waals surface area contributed by atoms with Gasteiger partial charge in [0.1, 0.15) is 10.5 Å². The molecule has 8 heteroatoms. The lowest BCUT2D eigenvalue weighted by molar-refractivity contribution is 0.0693. The van der Waals surface area contributed by atoms with E-state index in [2.05, 4.69) is 10.6 Å². The summed E-state index contributed by atoms with van der Waals surface area (Å²) in [5.41, 5.74) is -0.325. The normalized spacial score (nSPS) is 10.9. The number of sulfonamides is 1. The highest BCUT2D eigenvalue weighted by Crippen LogP contribution is 2.31. The standard InChI is InChI=1S/C13H14ClNO5S/c1-3-4-5-6-15-21(18,19)11-8-9(14)7-10(13(16)17)12(11)20-2/h1,7-8,15H,4-6H2,2H3,(H,16,17). The summed E-state index contributed by atoms with van der Waals surface area (Å²) >= 11 is 5.78. The predicted molar refractivity (Wildman–Crippen MR) is 78.2 cm³/mol. The Morgan fingerprint density at radius 3 is 2.71 bits per heavy atom. The number of nitrogens with one attached hydrogen (secondary N) is 1. The molecule has 0 aliphatic rings. The number of terminal acetylenes is 1. The molecule has 0 atom stereocenters. The zero-order chi connectivity index (χ0) is 16.0. The SMILES string of the molecule is C#CCCCNS(=O)(=O)c1cc(Cl)cc(C(=O)O)c1OC. The first-order valence-corrected chi connectivity index (χ1v) is 7.73. The summed E-state index contributed by atoms with van der Waals surface area (Å²) in [6, 6.07) is 2.26. The number of hydrogen-bond acceptors (Lipinski definition) is 4. The molecule has 0 saturated heterocycles. The molecule has 6 nitrogen and oxygen atoms in total. The molecule has 114 valence electrons. The second-order valence-corrected chi connectivity index (χ2v) is 6.17. The van der Waals surface area contributed by atoms with Crippen LogP contribution in [-0.2, 0) is 10.0 Å². The van der Waals surface area contributed by atoms with E-state index in [0.29, 0.717) is 12.8 Å². The summed E-state index contributed by atoms with van der Waals surface area (Å²) in [5.74, 6) is 0.789. The molecule has 1 aromatic rings.